The van der Waals surface area contributed by atoms with Crippen LogP contribution in [0.1, 0.15) is 11.1 Å². The zero-order chi connectivity index (χ0) is 14.5. The molecule has 4 nitrogen and oxygen atoms in total. The molecule has 0 saturated carbocycles. The van der Waals surface area contributed by atoms with Crippen molar-refractivity contribution in [3.63, 3.8) is 0 Å². The summed E-state index contributed by atoms with van der Waals surface area (Å²) < 4.78 is 44.8. The third-order valence-corrected chi connectivity index (χ3v) is 4.37. The number of sulfonamides is 1. The smallest absolute Gasteiger partial charge is 0.241 e. The third-order valence-electron chi connectivity index (χ3n) is 2.45. The maximum Gasteiger partial charge on any atom is 0.241 e. The van der Waals surface area contributed by atoms with Crippen LogP contribution in [0.15, 0.2) is 17.0 Å². The van der Waals surface area contributed by atoms with Gasteiger partial charge in [0.1, 0.15) is 5.82 Å². The van der Waals surface area contributed by atoms with Crippen LogP contribution >= 0.6 is 11.6 Å². The Morgan fingerprint density at radius 2 is 1.84 bits per heavy atom. The summed E-state index contributed by atoms with van der Waals surface area (Å²) in [4.78, 5) is 0.117. The molecule has 0 atom stereocenters. The van der Waals surface area contributed by atoms with E-state index in [0.717, 1.165) is 0 Å². The maximum absolute atomic E-state index is 13.1. The van der Waals surface area contributed by atoms with Gasteiger partial charge in [-0.05, 0) is 37.1 Å². The second-order valence-corrected chi connectivity index (χ2v) is 6.15. The van der Waals surface area contributed by atoms with E-state index in [4.69, 9.17) is 16.3 Å². The van der Waals surface area contributed by atoms with Gasteiger partial charge < -0.3 is 4.74 Å². The molecule has 0 bridgehead atoms. The maximum atomic E-state index is 13.1. The van der Waals surface area contributed by atoms with E-state index in [9.17, 15) is 12.8 Å². The van der Waals surface area contributed by atoms with E-state index in [-0.39, 0.29) is 18.0 Å². The molecule has 0 saturated heterocycles. The minimum atomic E-state index is -3.66. The van der Waals surface area contributed by atoms with Crippen molar-refractivity contribution in [3.05, 3.63) is 29.1 Å². The summed E-state index contributed by atoms with van der Waals surface area (Å²) in [5.74, 6) is -0.0810. The fourth-order valence-electron chi connectivity index (χ4n) is 1.80. The van der Waals surface area contributed by atoms with E-state index in [0.29, 0.717) is 23.6 Å². The van der Waals surface area contributed by atoms with Gasteiger partial charge in [0.15, 0.2) is 0 Å². The number of alkyl halides is 1. The average molecular weight is 310 g/mol. The number of ether oxygens (including phenoxy) is 1. The Kier molecular flexibility index (Phi) is 6.19. The summed E-state index contributed by atoms with van der Waals surface area (Å²) in [6.07, 6.45) is 0. The highest BCUT2D eigenvalue weighted by Gasteiger charge is 2.19. The SMILES string of the molecule is Cc1cc(F)cc(C)c1S(=O)(=O)NCCOCCCl. The zero-order valence-electron chi connectivity index (χ0n) is 10.9. The molecule has 0 aliphatic carbocycles. The number of halogens is 2. The number of aryl methyl sites for hydroxylation is 2. The first kappa shape index (κ1) is 16.4. The molecule has 0 aliphatic rings. The Morgan fingerprint density at radius 1 is 1.26 bits per heavy atom. The monoisotopic (exact) mass is 309 g/mol. The first-order valence-electron chi connectivity index (χ1n) is 5.78. The standard InChI is InChI=1S/C12H17ClFNO3S/c1-9-7-11(14)8-10(2)12(9)19(16,17)15-4-6-18-5-3-13/h7-8,15H,3-6H2,1-2H3. The lowest BCUT2D eigenvalue weighted by Crippen LogP contribution is -2.29. The van der Waals surface area contributed by atoms with Gasteiger partial charge in [-0.2, -0.15) is 0 Å². The molecule has 1 rings (SSSR count). The number of hydrogen-bond donors (Lipinski definition) is 1. The number of benzene rings is 1. The van der Waals surface area contributed by atoms with Crippen molar-refractivity contribution in [2.45, 2.75) is 18.7 Å². The Hall–Kier alpha value is -0.690. The van der Waals surface area contributed by atoms with Crippen molar-refractivity contribution in [2.24, 2.45) is 0 Å². The lowest BCUT2D eigenvalue weighted by molar-refractivity contribution is 0.155. The van der Waals surface area contributed by atoms with Gasteiger partial charge in [0.2, 0.25) is 10.0 Å². The summed E-state index contributed by atoms with van der Waals surface area (Å²) in [6.45, 7) is 3.89. The predicted molar refractivity (Wildman–Crippen MR) is 72.6 cm³/mol. The second-order valence-electron chi connectivity index (χ2n) is 4.07. The summed E-state index contributed by atoms with van der Waals surface area (Å²) in [7, 11) is -3.66. The van der Waals surface area contributed by atoms with Crippen LogP contribution in [-0.4, -0.2) is 34.1 Å². The van der Waals surface area contributed by atoms with Crippen molar-refractivity contribution < 1.29 is 17.5 Å². The van der Waals surface area contributed by atoms with E-state index in [2.05, 4.69) is 4.72 Å². The van der Waals surface area contributed by atoms with Crippen molar-refractivity contribution in [1.29, 1.82) is 0 Å². The molecule has 1 aromatic rings. The van der Waals surface area contributed by atoms with Gasteiger partial charge >= 0.3 is 0 Å². The summed E-state index contributed by atoms with van der Waals surface area (Å²) in [5, 5.41) is 0. The number of rotatable bonds is 7. The molecule has 0 radical (unpaired) electrons. The fraction of sp³-hybridized carbons (Fsp3) is 0.500. The van der Waals surface area contributed by atoms with Gasteiger partial charge in [0.05, 0.1) is 18.1 Å². The first-order valence-corrected chi connectivity index (χ1v) is 7.80. The Bertz CT molecular complexity index is 511. The molecule has 0 heterocycles. The van der Waals surface area contributed by atoms with Crippen LogP contribution < -0.4 is 4.72 Å². The van der Waals surface area contributed by atoms with E-state index >= 15 is 0 Å². The van der Waals surface area contributed by atoms with Crippen LogP contribution in [0.2, 0.25) is 0 Å². The van der Waals surface area contributed by atoms with Gasteiger partial charge in [-0.1, -0.05) is 0 Å². The summed E-state index contributed by atoms with van der Waals surface area (Å²) in [5.41, 5.74) is 0.762. The molecule has 0 aliphatic heterocycles. The molecule has 0 amide bonds. The Balaban J connectivity index is 2.78. The molecule has 0 spiro atoms. The largest absolute Gasteiger partial charge is 0.379 e. The van der Waals surface area contributed by atoms with Gasteiger partial charge in [-0.25, -0.2) is 17.5 Å². The summed E-state index contributed by atoms with van der Waals surface area (Å²) in [6, 6.07) is 2.40. The van der Waals surface area contributed by atoms with Gasteiger partial charge in [-0.3, -0.25) is 0 Å². The molecule has 19 heavy (non-hydrogen) atoms. The molecule has 108 valence electrons. The number of nitrogens with one attached hydrogen (secondary N) is 1. The van der Waals surface area contributed by atoms with Crippen molar-refractivity contribution in [2.75, 3.05) is 25.6 Å². The first-order chi connectivity index (χ1) is 8.88. The molecule has 0 aromatic heterocycles. The van der Waals surface area contributed by atoms with Crippen LogP contribution in [0.25, 0.3) is 0 Å². The normalized spacial score (nSPS) is 11.8. The third kappa shape index (κ3) is 4.72. The Morgan fingerprint density at radius 3 is 2.37 bits per heavy atom. The second kappa shape index (κ2) is 7.19. The summed E-state index contributed by atoms with van der Waals surface area (Å²) >= 11 is 5.42. The van der Waals surface area contributed by atoms with Crippen molar-refractivity contribution >= 4 is 21.6 Å². The quantitative estimate of drug-likeness (QED) is 0.619. The average Bonchev–Trinajstić information content (AvgIpc) is 2.26. The van der Waals surface area contributed by atoms with Crippen LogP contribution in [0, 0.1) is 19.7 Å². The molecule has 0 unspecified atom stereocenters. The van der Waals surface area contributed by atoms with Gasteiger partial charge in [-0.15, -0.1) is 11.6 Å². The molecule has 1 N–H and O–H groups in total. The molecule has 7 heteroatoms. The van der Waals surface area contributed by atoms with E-state index in [1.165, 1.54) is 12.1 Å². The minimum absolute atomic E-state index is 0.117. The highest BCUT2D eigenvalue weighted by Crippen LogP contribution is 2.20. The van der Waals surface area contributed by atoms with Crippen molar-refractivity contribution in [1.82, 2.24) is 4.72 Å². The Labute approximate surface area is 118 Å². The zero-order valence-corrected chi connectivity index (χ0v) is 12.4. The van der Waals surface area contributed by atoms with Gasteiger partial charge in [0, 0.05) is 12.4 Å². The van der Waals surface area contributed by atoms with Gasteiger partial charge in [0.25, 0.3) is 0 Å². The topological polar surface area (TPSA) is 55.4 Å². The van der Waals surface area contributed by atoms with Crippen LogP contribution in [0.3, 0.4) is 0 Å². The molecule has 1 aromatic carbocycles. The molecular weight excluding hydrogens is 293 g/mol. The molecular formula is C12H17ClFNO3S. The fourth-order valence-corrected chi connectivity index (χ4v) is 3.37. The lowest BCUT2D eigenvalue weighted by Gasteiger charge is -2.12. The minimum Gasteiger partial charge on any atom is -0.379 e. The van der Waals surface area contributed by atoms with Crippen LogP contribution in [0.5, 0.6) is 0 Å². The van der Waals surface area contributed by atoms with Crippen LogP contribution in [-0.2, 0) is 14.8 Å². The van der Waals surface area contributed by atoms with E-state index < -0.39 is 15.8 Å². The van der Waals surface area contributed by atoms with Crippen molar-refractivity contribution in [3.8, 4) is 0 Å². The van der Waals surface area contributed by atoms with Crippen LogP contribution in [0.4, 0.5) is 4.39 Å². The highest BCUT2D eigenvalue weighted by atomic mass is 35.5. The number of hydrogen-bond acceptors (Lipinski definition) is 3. The predicted octanol–water partition coefficient (Wildman–Crippen LogP) is 1.98. The highest BCUT2D eigenvalue weighted by molar-refractivity contribution is 7.89. The van der Waals surface area contributed by atoms with E-state index in [1.54, 1.807) is 13.8 Å². The molecule has 0 fully saturated rings. The van der Waals surface area contributed by atoms with E-state index in [1.807, 2.05) is 0 Å². The lowest BCUT2D eigenvalue weighted by atomic mass is 10.1.